The number of rotatable bonds is 7. The van der Waals surface area contributed by atoms with Crippen LogP contribution in [0.4, 0.5) is 10.1 Å². The number of carbonyl (C=O) groups excluding carboxylic acids is 2. The maximum absolute atomic E-state index is 14.6. The number of nitrogens with one attached hydrogen (secondary N) is 1. The average molecular weight is 496 g/mol. The highest BCUT2D eigenvalue weighted by atomic mass is 19.1. The third kappa shape index (κ3) is 5.43. The summed E-state index contributed by atoms with van der Waals surface area (Å²) in [5.41, 5.74) is 6.88. The van der Waals surface area contributed by atoms with Crippen molar-refractivity contribution in [3.63, 3.8) is 0 Å². The number of hydrogen-bond donors (Lipinski definition) is 3. The van der Waals surface area contributed by atoms with Crippen molar-refractivity contribution < 1.29 is 23.9 Å². The van der Waals surface area contributed by atoms with Gasteiger partial charge in [-0.2, -0.15) is 0 Å². The van der Waals surface area contributed by atoms with E-state index in [0.717, 1.165) is 43.7 Å². The van der Waals surface area contributed by atoms with E-state index in [2.05, 4.69) is 12.2 Å². The predicted octanol–water partition coefficient (Wildman–Crippen LogP) is 4.39. The zero-order valence-corrected chi connectivity index (χ0v) is 20.5. The second-order valence-electron chi connectivity index (χ2n) is 9.96. The molecule has 1 aliphatic heterocycles. The molecule has 0 radical (unpaired) electrons. The van der Waals surface area contributed by atoms with Gasteiger partial charge in [0.15, 0.2) is 0 Å². The van der Waals surface area contributed by atoms with Crippen LogP contribution < -0.4 is 11.1 Å². The summed E-state index contributed by atoms with van der Waals surface area (Å²) in [5, 5.41) is 11.7. The number of carboxylic acids is 1. The SMILES string of the molecule is CCC(N)[C@H]1CC[C@H](C(=O)N2CC[C@H](c3ccccc3)[C@H]2C(=O)Nc2ccc(C(=O)O)cc2F)CC1. The fourth-order valence-electron chi connectivity index (χ4n) is 5.73. The summed E-state index contributed by atoms with van der Waals surface area (Å²) < 4.78 is 14.6. The van der Waals surface area contributed by atoms with E-state index in [0.29, 0.717) is 18.9 Å². The van der Waals surface area contributed by atoms with Crippen molar-refractivity contribution in [2.45, 2.75) is 63.5 Å². The summed E-state index contributed by atoms with van der Waals surface area (Å²) in [4.78, 5) is 40.0. The number of amides is 2. The molecule has 36 heavy (non-hydrogen) atoms. The van der Waals surface area contributed by atoms with E-state index in [-0.39, 0.29) is 35.0 Å². The highest BCUT2D eigenvalue weighted by Gasteiger charge is 2.44. The lowest BCUT2D eigenvalue weighted by Gasteiger charge is -2.35. The van der Waals surface area contributed by atoms with Crippen LogP contribution in [-0.2, 0) is 9.59 Å². The first-order chi connectivity index (χ1) is 17.3. The first kappa shape index (κ1) is 25.8. The third-order valence-electron chi connectivity index (χ3n) is 7.85. The van der Waals surface area contributed by atoms with Gasteiger partial charge in [0, 0.05) is 24.4 Å². The number of nitrogens with zero attached hydrogens (tertiary/aromatic N) is 1. The number of likely N-dealkylation sites (tertiary alicyclic amines) is 1. The fourth-order valence-corrected chi connectivity index (χ4v) is 5.73. The standard InChI is InChI=1S/C28H34FN3O4/c1-2-23(30)18-8-10-19(11-9-18)27(34)32-15-14-21(17-6-4-3-5-7-17)25(32)26(33)31-24-13-12-20(28(35)36)16-22(24)29/h3-7,12-13,16,18-19,21,23,25H,2,8-11,14-15,30H2,1H3,(H,31,33)(H,35,36)/t18-,19-,21-,23?,25+/m1/s1. The molecule has 4 rings (SSSR count). The second kappa shape index (κ2) is 11.2. The molecule has 2 aromatic carbocycles. The van der Waals surface area contributed by atoms with Crippen LogP contribution in [-0.4, -0.2) is 46.4 Å². The van der Waals surface area contributed by atoms with Gasteiger partial charge in [-0.05, 0) is 68.2 Å². The molecule has 3 atom stereocenters. The predicted molar refractivity (Wildman–Crippen MR) is 135 cm³/mol. The van der Waals surface area contributed by atoms with Crippen molar-refractivity contribution in [2.75, 3.05) is 11.9 Å². The lowest BCUT2D eigenvalue weighted by Crippen LogP contribution is -2.48. The summed E-state index contributed by atoms with van der Waals surface area (Å²) in [7, 11) is 0. The van der Waals surface area contributed by atoms with Crippen molar-refractivity contribution in [1.82, 2.24) is 4.90 Å². The molecule has 192 valence electrons. The van der Waals surface area contributed by atoms with Gasteiger partial charge in [-0.3, -0.25) is 9.59 Å². The number of carbonyl (C=O) groups is 3. The summed E-state index contributed by atoms with van der Waals surface area (Å²) in [6.07, 6.45) is 4.86. The molecular weight excluding hydrogens is 461 g/mol. The van der Waals surface area contributed by atoms with Crippen molar-refractivity contribution in [3.8, 4) is 0 Å². The second-order valence-corrected chi connectivity index (χ2v) is 9.96. The lowest BCUT2D eigenvalue weighted by atomic mass is 9.77. The quantitative estimate of drug-likeness (QED) is 0.527. The van der Waals surface area contributed by atoms with Gasteiger partial charge < -0.3 is 21.1 Å². The molecule has 2 fully saturated rings. The fraction of sp³-hybridized carbons (Fsp3) is 0.464. The van der Waals surface area contributed by atoms with Crippen LogP contribution in [0.25, 0.3) is 0 Å². The Bertz CT molecular complexity index is 1100. The van der Waals surface area contributed by atoms with Gasteiger partial charge in [0.1, 0.15) is 11.9 Å². The Labute approximate surface area is 210 Å². The van der Waals surface area contributed by atoms with Crippen LogP contribution in [0.5, 0.6) is 0 Å². The van der Waals surface area contributed by atoms with E-state index in [1.54, 1.807) is 4.90 Å². The minimum Gasteiger partial charge on any atom is -0.478 e. The molecule has 0 bridgehead atoms. The third-order valence-corrected chi connectivity index (χ3v) is 7.85. The molecule has 1 saturated heterocycles. The van der Waals surface area contributed by atoms with Crippen LogP contribution in [0, 0.1) is 17.7 Å². The van der Waals surface area contributed by atoms with Gasteiger partial charge in [0.05, 0.1) is 11.3 Å². The smallest absolute Gasteiger partial charge is 0.335 e. The first-order valence-electron chi connectivity index (χ1n) is 12.7. The Morgan fingerprint density at radius 1 is 1.08 bits per heavy atom. The molecule has 2 aromatic rings. The minimum absolute atomic E-state index is 0.0289. The van der Waals surface area contributed by atoms with E-state index in [1.807, 2.05) is 30.3 Å². The van der Waals surface area contributed by atoms with E-state index >= 15 is 0 Å². The Balaban J connectivity index is 1.55. The van der Waals surface area contributed by atoms with Gasteiger partial charge in [-0.15, -0.1) is 0 Å². The number of hydrogen-bond acceptors (Lipinski definition) is 4. The molecule has 1 heterocycles. The highest BCUT2D eigenvalue weighted by Crippen LogP contribution is 2.38. The zero-order valence-electron chi connectivity index (χ0n) is 20.5. The summed E-state index contributed by atoms with van der Waals surface area (Å²) in [5.74, 6) is -2.54. The van der Waals surface area contributed by atoms with Crippen LogP contribution in [0.1, 0.15) is 67.3 Å². The minimum atomic E-state index is -1.25. The van der Waals surface area contributed by atoms with Gasteiger partial charge in [-0.1, -0.05) is 37.3 Å². The highest BCUT2D eigenvalue weighted by molar-refractivity contribution is 5.99. The number of aromatic carboxylic acids is 1. The van der Waals surface area contributed by atoms with E-state index in [9.17, 15) is 18.8 Å². The largest absolute Gasteiger partial charge is 0.478 e. The molecule has 2 amide bonds. The first-order valence-corrected chi connectivity index (χ1v) is 12.7. The average Bonchev–Trinajstić information content (AvgIpc) is 3.35. The maximum Gasteiger partial charge on any atom is 0.335 e. The van der Waals surface area contributed by atoms with E-state index < -0.39 is 23.7 Å². The number of benzene rings is 2. The topological polar surface area (TPSA) is 113 Å². The normalized spacial score (nSPS) is 24.8. The van der Waals surface area contributed by atoms with Crippen molar-refractivity contribution >= 4 is 23.5 Å². The molecule has 0 spiro atoms. The number of nitrogens with two attached hydrogens (primary N) is 1. The Morgan fingerprint density at radius 2 is 1.78 bits per heavy atom. The summed E-state index contributed by atoms with van der Waals surface area (Å²) in [6, 6.07) is 12.3. The molecule has 4 N–H and O–H groups in total. The number of carboxylic acid groups (broad SMARTS) is 1. The Morgan fingerprint density at radius 3 is 2.39 bits per heavy atom. The number of anilines is 1. The summed E-state index contributed by atoms with van der Waals surface area (Å²) >= 11 is 0. The Kier molecular flexibility index (Phi) is 8.04. The summed E-state index contributed by atoms with van der Waals surface area (Å²) in [6.45, 7) is 2.53. The molecule has 7 nitrogen and oxygen atoms in total. The molecule has 2 aliphatic rings. The van der Waals surface area contributed by atoms with Crippen LogP contribution >= 0.6 is 0 Å². The lowest BCUT2D eigenvalue weighted by molar-refractivity contribution is -0.141. The van der Waals surface area contributed by atoms with Gasteiger partial charge >= 0.3 is 5.97 Å². The molecule has 1 saturated carbocycles. The van der Waals surface area contributed by atoms with Crippen LogP contribution in [0.15, 0.2) is 48.5 Å². The van der Waals surface area contributed by atoms with Gasteiger partial charge in [0.25, 0.3) is 0 Å². The van der Waals surface area contributed by atoms with E-state index in [1.165, 1.54) is 12.1 Å². The van der Waals surface area contributed by atoms with E-state index in [4.69, 9.17) is 10.8 Å². The van der Waals surface area contributed by atoms with Crippen molar-refractivity contribution in [2.24, 2.45) is 17.6 Å². The molecule has 1 aliphatic carbocycles. The monoisotopic (exact) mass is 495 g/mol. The van der Waals surface area contributed by atoms with Gasteiger partial charge in [0.2, 0.25) is 11.8 Å². The zero-order chi connectivity index (χ0) is 25.8. The molecule has 1 unspecified atom stereocenters. The molecule has 0 aromatic heterocycles. The van der Waals surface area contributed by atoms with Crippen LogP contribution in [0.2, 0.25) is 0 Å². The van der Waals surface area contributed by atoms with Crippen molar-refractivity contribution in [3.05, 3.63) is 65.5 Å². The Hall–Kier alpha value is -3.26. The molecular formula is C28H34FN3O4. The van der Waals surface area contributed by atoms with Crippen molar-refractivity contribution in [1.29, 1.82) is 0 Å². The van der Waals surface area contributed by atoms with Gasteiger partial charge in [-0.25, -0.2) is 9.18 Å². The van der Waals surface area contributed by atoms with Crippen LogP contribution in [0.3, 0.4) is 0 Å². The number of halogens is 1. The maximum atomic E-state index is 14.6. The molecule has 8 heteroatoms.